The Morgan fingerprint density at radius 3 is 3.00 bits per heavy atom. The highest BCUT2D eigenvalue weighted by atomic mass is 15.1. The number of H-pyrrole nitrogens is 1. The van der Waals surface area contributed by atoms with Crippen LogP contribution in [0.5, 0.6) is 0 Å². The summed E-state index contributed by atoms with van der Waals surface area (Å²) in [5.41, 5.74) is 2.33. The van der Waals surface area contributed by atoms with Gasteiger partial charge < -0.3 is 4.57 Å². The van der Waals surface area contributed by atoms with Gasteiger partial charge in [0.05, 0.1) is 11.3 Å². The molecule has 0 radical (unpaired) electrons. The van der Waals surface area contributed by atoms with E-state index in [4.69, 9.17) is 0 Å². The van der Waals surface area contributed by atoms with Crippen LogP contribution in [0.25, 0.3) is 11.4 Å². The lowest BCUT2D eigenvalue weighted by atomic mass is 10.2. The molecule has 72 valence electrons. The maximum atomic E-state index is 4.33. The van der Waals surface area contributed by atoms with Crippen molar-refractivity contribution in [2.24, 2.45) is 7.05 Å². The van der Waals surface area contributed by atoms with Gasteiger partial charge in [-0.3, -0.25) is 5.10 Å². The fourth-order valence-corrected chi connectivity index (χ4v) is 1.77. The number of nitrogens with zero attached hydrogens (tertiary/aromatic N) is 3. The third kappa shape index (κ3) is 1.07. The van der Waals surface area contributed by atoms with Crippen LogP contribution in [0.4, 0.5) is 0 Å². The van der Waals surface area contributed by atoms with Crippen molar-refractivity contribution < 1.29 is 0 Å². The molecule has 1 aliphatic rings. The summed E-state index contributed by atoms with van der Waals surface area (Å²) in [7, 11) is 2.01. The molecule has 0 unspecified atom stereocenters. The average molecular weight is 188 g/mol. The lowest BCUT2D eigenvalue weighted by Crippen LogP contribution is -1.93. The quantitative estimate of drug-likeness (QED) is 0.779. The SMILES string of the molecule is Cn1ccnc1-c1c[nH]nc1C1CC1. The fraction of sp³-hybridized carbons (Fsp3) is 0.400. The van der Waals surface area contributed by atoms with E-state index in [-0.39, 0.29) is 0 Å². The van der Waals surface area contributed by atoms with Crippen LogP contribution in [0, 0.1) is 0 Å². The molecule has 14 heavy (non-hydrogen) atoms. The second kappa shape index (κ2) is 2.70. The van der Waals surface area contributed by atoms with Gasteiger partial charge in [-0.05, 0) is 12.8 Å². The van der Waals surface area contributed by atoms with Crippen LogP contribution in [0.3, 0.4) is 0 Å². The molecule has 1 saturated carbocycles. The first-order valence-corrected chi connectivity index (χ1v) is 4.87. The molecular formula is C10H12N4. The Labute approximate surface area is 82.0 Å². The van der Waals surface area contributed by atoms with Gasteiger partial charge in [0.25, 0.3) is 0 Å². The van der Waals surface area contributed by atoms with Gasteiger partial charge in [0.2, 0.25) is 0 Å². The van der Waals surface area contributed by atoms with Gasteiger partial charge in [-0.15, -0.1) is 0 Å². The molecule has 1 fully saturated rings. The minimum Gasteiger partial charge on any atom is -0.334 e. The molecule has 0 aromatic carbocycles. The number of aromatic amines is 1. The molecule has 4 heteroatoms. The Morgan fingerprint density at radius 2 is 2.36 bits per heavy atom. The maximum absolute atomic E-state index is 4.33. The van der Waals surface area contributed by atoms with Crippen LogP contribution in [0.15, 0.2) is 18.6 Å². The van der Waals surface area contributed by atoms with E-state index < -0.39 is 0 Å². The van der Waals surface area contributed by atoms with Gasteiger partial charge in [-0.1, -0.05) is 0 Å². The second-order valence-corrected chi connectivity index (χ2v) is 3.82. The van der Waals surface area contributed by atoms with E-state index in [9.17, 15) is 0 Å². The summed E-state index contributed by atoms with van der Waals surface area (Å²) >= 11 is 0. The molecule has 4 nitrogen and oxygen atoms in total. The highest BCUT2D eigenvalue weighted by Gasteiger charge is 2.29. The zero-order chi connectivity index (χ0) is 9.54. The van der Waals surface area contributed by atoms with E-state index in [1.54, 1.807) is 0 Å². The van der Waals surface area contributed by atoms with E-state index >= 15 is 0 Å². The average Bonchev–Trinajstić information content (AvgIpc) is 2.75. The fourth-order valence-electron chi connectivity index (χ4n) is 1.77. The first-order chi connectivity index (χ1) is 6.86. The first-order valence-electron chi connectivity index (χ1n) is 4.87. The van der Waals surface area contributed by atoms with Crippen molar-refractivity contribution in [1.82, 2.24) is 19.7 Å². The maximum Gasteiger partial charge on any atom is 0.143 e. The first kappa shape index (κ1) is 7.79. The van der Waals surface area contributed by atoms with Crippen molar-refractivity contribution in [2.75, 3.05) is 0 Å². The van der Waals surface area contributed by atoms with Crippen molar-refractivity contribution >= 4 is 0 Å². The van der Waals surface area contributed by atoms with Crippen LogP contribution < -0.4 is 0 Å². The lowest BCUT2D eigenvalue weighted by Gasteiger charge is -2.00. The molecule has 1 aliphatic carbocycles. The molecule has 2 heterocycles. The molecule has 0 atom stereocenters. The van der Waals surface area contributed by atoms with Gasteiger partial charge in [0, 0.05) is 31.6 Å². The summed E-state index contributed by atoms with van der Waals surface area (Å²) in [5.74, 6) is 1.66. The van der Waals surface area contributed by atoms with Crippen LogP contribution in [0.2, 0.25) is 0 Å². The summed E-state index contributed by atoms with van der Waals surface area (Å²) in [6.07, 6.45) is 8.25. The predicted molar refractivity (Wildman–Crippen MR) is 52.8 cm³/mol. The molecule has 0 bridgehead atoms. The Kier molecular flexibility index (Phi) is 1.50. The van der Waals surface area contributed by atoms with E-state index in [0.717, 1.165) is 11.4 Å². The molecular weight excluding hydrogens is 176 g/mol. The third-order valence-electron chi connectivity index (χ3n) is 2.70. The normalized spacial score (nSPS) is 16.1. The Balaban J connectivity index is 2.11. The zero-order valence-electron chi connectivity index (χ0n) is 8.07. The van der Waals surface area contributed by atoms with Crippen LogP contribution in [0.1, 0.15) is 24.5 Å². The number of aryl methyl sites for hydroxylation is 1. The summed E-state index contributed by atoms with van der Waals surface area (Å²) in [6.45, 7) is 0. The van der Waals surface area contributed by atoms with Crippen molar-refractivity contribution in [3.8, 4) is 11.4 Å². The molecule has 0 amide bonds. The largest absolute Gasteiger partial charge is 0.334 e. The van der Waals surface area contributed by atoms with Crippen molar-refractivity contribution in [1.29, 1.82) is 0 Å². The standard InChI is InChI=1S/C10H12N4/c1-14-5-4-11-10(14)8-6-12-13-9(8)7-2-3-7/h4-7H,2-3H2,1H3,(H,12,13). The number of hydrogen-bond donors (Lipinski definition) is 1. The molecule has 0 saturated heterocycles. The number of nitrogens with one attached hydrogen (secondary N) is 1. The third-order valence-corrected chi connectivity index (χ3v) is 2.70. The van der Waals surface area contributed by atoms with Crippen molar-refractivity contribution in [2.45, 2.75) is 18.8 Å². The Morgan fingerprint density at radius 1 is 1.50 bits per heavy atom. The molecule has 0 aliphatic heterocycles. The van der Waals surface area contributed by atoms with Gasteiger partial charge in [-0.2, -0.15) is 5.10 Å². The van der Waals surface area contributed by atoms with Gasteiger partial charge in [-0.25, -0.2) is 4.98 Å². The predicted octanol–water partition coefficient (Wildman–Crippen LogP) is 1.69. The lowest BCUT2D eigenvalue weighted by molar-refractivity contribution is 0.916. The molecule has 1 N–H and O–H groups in total. The number of aromatic nitrogens is 4. The minimum atomic E-state index is 0.660. The highest BCUT2D eigenvalue weighted by Crippen LogP contribution is 2.42. The summed E-state index contributed by atoms with van der Waals surface area (Å²) in [5, 5.41) is 7.23. The summed E-state index contributed by atoms with van der Waals surface area (Å²) < 4.78 is 2.02. The topological polar surface area (TPSA) is 46.5 Å². The second-order valence-electron chi connectivity index (χ2n) is 3.82. The summed E-state index contributed by atoms with van der Waals surface area (Å²) in [6, 6.07) is 0. The van der Waals surface area contributed by atoms with Crippen LogP contribution in [-0.2, 0) is 7.05 Å². The molecule has 3 rings (SSSR count). The number of hydrogen-bond acceptors (Lipinski definition) is 2. The smallest absolute Gasteiger partial charge is 0.143 e. The van der Waals surface area contributed by atoms with Crippen molar-refractivity contribution in [3.63, 3.8) is 0 Å². The van der Waals surface area contributed by atoms with Gasteiger partial charge in [0.1, 0.15) is 5.82 Å². The Hall–Kier alpha value is -1.58. The summed E-state index contributed by atoms with van der Waals surface area (Å²) in [4.78, 5) is 4.33. The van der Waals surface area contributed by atoms with E-state index in [1.165, 1.54) is 18.5 Å². The van der Waals surface area contributed by atoms with Crippen LogP contribution >= 0.6 is 0 Å². The molecule has 2 aromatic heterocycles. The Bertz CT molecular complexity index is 450. The van der Waals surface area contributed by atoms with E-state index in [2.05, 4.69) is 15.2 Å². The van der Waals surface area contributed by atoms with Gasteiger partial charge in [0.15, 0.2) is 0 Å². The number of imidazole rings is 1. The van der Waals surface area contributed by atoms with Crippen molar-refractivity contribution in [3.05, 3.63) is 24.3 Å². The highest BCUT2D eigenvalue weighted by molar-refractivity contribution is 5.59. The van der Waals surface area contributed by atoms with E-state index in [0.29, 0.717) is 5.92 Å². The zero-order valence-corrected chi connectivity index (χ0v) is 8.07. The molecule has 0 spiro atoms. The van der Waals surface area contributed by atoms with E-state index in [1.807, 2.05) is 30.2 Å². The van der Waals surface area contributed by atoms with Crippen LogP contribution in [-0.4, -0.2) is 19.7 Å². The van der Waals surface area contributed by atoms with Gasteiger partial charge >= 0.3 is 0 Å². The number of rotatable bonds is 2. The minimum absolute atomic E-state index is 0.660. The monoisotopic (exact) mass is 188 g/mol. The molecule has 2 aromatic rings.